The van der Waals surface area contributed by atoms with Crippen molar-refractivity contribution in [3.05, 3.63) is 82.6 Å². The van der Waals surface area contributed by atoms with Crippen LogP contribution in [0.25, 0.3) is 22.2 Å². The van der Waals surface area contributed by atoms with Gasteiger partial charge in [0.2, 0.25) is 0 Å². The summed E-state index contributed by atoms with van der Waals surface area (Å²) in [6, 6.07) is 11.7. The van der Waals surface area contributed by atoms with Crippen LogP contribution in [-0.4, -0.2) is 32.3 Å². The molecule has 2 aromatic heterocycles. The smallest absolute Gasteiger partial charge is 0.255 e. The van der Waals surface area contributed by atoms with E-state index in [0.717, 1.165) is 35.0 Å². The maximum absolute atomic E-state index is 14.2. The van der Waals surface area contributed by atoms with E-state index in [1.807, 2.05) is 32.0 Å². The zero-order valence-corrected chi connectivity index (χ0v) is 18.6. The van der Waals surface area contributed by atoms with Gasteiger partial charge in [-0.3, -0.25) is 9.78 Å². The summed E-state index contributed by atoms with van der Waals surface area (Å²) in [5.41, 5.74) is 3.68. The first kappa shape index (κ1) is 20.6. The number of aromatic nitrogens is 3. The monoisotopic (exact) mass is 448 g/mol. The summed E-state index contributed by atoms with van der Waals surface area (Å²) in [6.45, 7) is 4.51. The number of halogens is 2. The average molecular weight is 449 g/mol. The molecule has 162 valence electrons. The zero-order valence-electron chi connectivity index (χ0n) is 17.8. The van der Waals surface area contributed by atoms with Crippen molar-refractivity contribution < 1.29 is 9.18 Å². The van der Waals surface area contributed by atoms with Gasteiger partial charge in [-0.05, 0) is 68.1 Å². The van der Waals surface area contributed by atoms with Crippen molar-refractivity contribution in [1.29, 1.82) is 0 Å². The van der Waals surface area contributed by atoms with Gasteiger partial charge in [0, 0.05) is 29.5 Å². The van der Waals surface area contributed by atoms with Gasteiger partial charge in [0.25, 0.3) is 5.91 Å². The van der Waals surface area contributed by atoms with E-state index in [2.05, 4.69) is 9.97 Å². The third-order valence-corrected chi connectivity index (χ3v) is 6.83. The molecule has 0 radical (unpaired) electrons. The van der Waals surface area contributed by atoms with Crippen LogP contribution in [0.5, 0.6) is 0 Å². The van der Waals surface area contributed by atoms with E-state index in [1.54, 1.807) is 29.4 Å². The minimum absolute atomic E-state index is 0.224. The number of benzene rings is 2. The fourth-order valence-corrected chi connectivity index (χ4v) is 4.74. The molecular formula is C25H22ClFN4O. The number of imidazole rings is 1. The second-order valence-corrected chi connectivity index (χ2v) is 8.83. The van der Waals surface area contributed by atoms with Gasteiger partial charge in [0.05, 0.1) is 22.1 Å². The lowest BCUT2D eigenvalue weighted by atomic mass is 9.95. The standard InChI is InChI=1S/C25H22ClFN4O/c1-15-20(26)8-9-21-22(15)30-24(29-21)25(2)10-4-12-31(25)23(32)19-13-17(27)6-7-18(19)16-5-3-11-28-14-16/h3,5-9,11,13-14H,4,10,12H2,1-2H3,(H,29,30). The van der Waals surface area contributed by atoms with Gasteiger partial charge >= 0.3 is 0 Å². The molecule has 0 aliphatic carbocycles. The van der Waals surface area contributed by atoms with Crippen molar-refractivity contribution in [2.24, 2.45) is 0 Å². The van der Waals surface area contributed by atoms with E-state index in [4.69, 9.17) is 16.6 Å². The minimum atomic E-state index is -0.645. The molecule has 5 nitrogen and oxygen atoms in total. The maximum Gasteiger partial charge on any atom is 0.255 e. The Morgan fingerprint density at radius 1 is 1.25 bits per heavy atom. The Kier molecular flexibility index (Phi) is 4.97. The van der Waals surface area contributed by atoms with Gasteiger partial charge in [-0.15, -0.1) is 0 Å². The van der Waals surface area contributed by atoms with Gasteiger partial charge in [-0.2, -0.15) is 0 Å². The van der Waals surface area contributed by atoms with Crippen LogP contribution in [0.3, 0.4) is 0 Å². The van der Waals surface area contributed by atoms with Gasteiger partial charge in [-0.1, -0.05) is 23.7 Å². The number of aromatic amines is 1. The number of carbonyl (C=O) groups is 1. The summed E-state index contributed by atoms with van der Waals surface area (Å²) >= 11 is 6.28. The van der Waals surface area contributed by atoms with E-state index in [0.29, 0.717) is 28.5 Å². The Balaban J connectivity index is 1.59. The number of pyridine rings is 1. The lowest BCUT2D eigenvalue weighted by molar-refractivity contribution is 0.0606. The molecule has 2 aromatic carbocycles. The Morgan fingerprint density at radius 3 is 2.88 bits per heavy atom. The molecule has 1 unspecified atom stereocenters. The molecule has 3 heterocycles. The lowest BCUT2D eigenvalue weighted by Crippen LogP contribution is -2.43. The third-order valence-electron chi connectivity index (χ3n) is 6.42. The van der Waals surface area contributed by atoms with Crippen molar-refractivity contribution in [2.45, 2.75) is 32.2 Å². The van der Waals surface area contributed by atoms with Crippen molar-refractivity contribution in [3.63, 3.8) is 0 Å². The predicted octanol–water partition coefficient (Wildman–Crippen LogP) is 5.88. The van der Waals surface area contributed by atoms with Gasteiger partial charge < -0.3 is 9.88 Å². The van der Waals surface area contributed by atoms with Crippen LogP contribution in [0.15, 0.2) is 54.9 Å². The number of nitrogens with zero attached hydrogens (tertiary/aromatic N) is 3. The first-order chi connectivity index (χ1) is 15.4. The number of carbonyl (C=O) groups excluding carboxylic acids is 1. The van der Waals surface area contributed by atoms with E-state index in [1.165, 1.54) is 12.1 Å². The Hall–Kier alpha value is -3.25. The van der Waals surface area contributed by atoms with Crippen molar-refractivity contribution in [1.82, 2.24) is 19.9 Å². The number of likely N-dealkylation sites (tertiary alicyclic amines) is 1. The summed E-state index contributed by atoms with van der Waals surface area (Å²) in [4.78, 5) is 28.0. The topological polar surface area (TPSA) is 61.9 Å². The fraction of sp³-hybridized carbons (Fsp3) is 0.240. The predicted molar refractivity (Wildman–Crippen MR) is 123 cm³/mol. The fourth-order valence-electron chi connectivity index (χ4n) is 4.59. The largest absolute Gasteiger partial charge is 0.340 e. The van der Waals surface area contributed by atoms with E-state index >= 15 is 0 Å². The summed E-state index contributed by atoms with van der Waals surface area (Å²) in [5.74, 6) is 0.0394. The molecule has 0 spiro atoms. The van der Waals surface area contributed by atoms with Crippen molar-refractivity contribution >= 4 is 28.5 Å². The Labute approximate surface area is 190 Å². The Bertz CT molecular complexity index is 1340. The van der Waals surface area contributed by atoms with Crippen LogP contribution in [0.4, 0.5) is 4.39 Å². The van der Waals surface area contributed by atoms with E-state index < -0.39 is 11.4 Å². The summed E-state index contributed by atoms with van der Waals surface area (Å²) in [5, 5.41) is 0.654. The number of nitrogens with one attached hydrogen (secondary N) is 1. The molecule has 0 saturated carbocycles. The molecular weight excluding hydrogens is 427 g/mol. The molecule has 4 aromatic rings. The van der Waals surface area contributed by atoms with Crippen LogP contribution < -0.4 is 0 Å². The van der Waals surface area contributed by atoms with E-state index in [-0.39, 0.29) is 5.91 Å². The summed E-state index contributed by atoms with van der Waals surface area (Å²) in [6.07, 6.45) is 4.93. The first-order valence-electron chi connectivity index (χ1n) is 10.6. The molecule has 1 aliphatic rings. The highest BCUT2D eigenvalue weighted by Gasteiger charge is 2.44. The first-order valence-corrected chi connectivity index (χ1v) is 10.9. The van der Waals surface area contributed by atoms with Crippen LogP contribution in [-0.2, 0) is 5.54 Å². The number of hydrogen-bond acceptors (Lipinski definition) is 3. The second kappa shape index (κ2) is 7.71. The van der Waals surface area contributed by atoms with Crippen molar-refractivity contribution in [3.8, 4) is 11.1 Å². The van der Waals surface area contributed by atoms with Gasteiger partial charge in [0.15, 0.2) is 0 Å². The quantitative estimate of drug-likeness (QED) is 0.426. The Morgan fingerprint density at radius 2 is 2.09 bits per heavy atom. The van der Waals surface area contributed by atoms with E-state index in [9.17, 15) is 9.18 Å². The average Bonchev–Trinajstić information content (AvgIpc) is 3.42. The molecule has 1 aliphatic heterocycles. The molecule has 32 heavy (non-hydrogen) atoms. The number of H-pyrrole nitrogens is 1. The normalized spacial score (nSPS) is 18.4. The van der Waals surface area contributed by atoms with Crippen LogP contribution in [0.2, 0.25) is 5.02 Å². The zero-order chi connectivity index (χ0) is 22.5. The highest BCUT2D eigenvalue weighted by molar-refractivity contribution is 6.32. The highest BCUT2D eigenvalue weighted by atomic mass is 35.5. The molecule has 5 rings (SSSR count). The second-order valence-electron chi connectivity index (χ2n) is 8.42. The number of fused-ring (bicyclic) bond motifs is 1. The molecule has 7 heteroatoms. The summed E-state index contributed by atoms with van der Waals surface area (Å²) < 4.78 is 14.2. The van der Waals surface area contributed by atoms with Crippen molar-refractivity contribution in [2.75, 3.05) is 6.54 Å². The molecule has 1 amide bonds. The van der Waals surface area contributed by atoms with Gasteiger partial charge in [-0.25, -0.2) is 9.37 Å². The highest BCUT2D eigenvalue weighted by Crippen LogP contribution is 2.40. The number of rotatable bonds is 3. The maximum atomic E-state index is 14.2. The SMILES string of the molecule is Cc1c(Cl)ccc2[nH]c(C3(C)CCCN3C(=O)c3cc(F)ccc3-c3cccnc3)nc12. The molecule has 0 bridgehead atoms. The number of aryl methyl sites for hydroxylation is 1. The lowest BCUT2D eigenvalue weighted by Gasteiger charge is -2.34. The molecule has 1 fully saturated rings. The third kappa shape index (κ3) is 3.26. The molecule has 1 atom stereocenters. The summed E-state index contributed by atoms with van der Waals surface area (Å²) in [7, 11) is 0. The van der Waals surface area contributed by atoms with Crippen LogP contribution >= 0.6 is 11.6 Å². The minimum Gasteiger partial charge on any atom is -0.340 e. The number of hydrogen-bond donors (Lipinski definition) is 1. The molecule has 1 N–H and O–H groups in total. The molecule has 1 saturated heterocycles. The van der Waals surface area contributed by atoms with Crippen LogP contribution in [0.1, 0.15) is 41.5 Å². The van der Waals surface area contributed by atoms with Gasteiger partial charge in [0.1, 0.15) is 11.6 Å². The number of amides is 1. The van der Waals surface area contributed by atoms with Crippen LogP contribution in [0, 0.1) is 12.7 Å².